The summed E-state index contributed by atoms with van der Waals surface area (Å²) >= 11 is 0. The Morgan fingerprint density at radius 2 is 2.17 bits per heavy atom. The van der Waals surface area contributed by atoms with E-state index in [9.17, 15) is 18.0 Å². The molecule has 0 saturated carbocycles. The fourth-order valence-electron chi connectivity index (χ4n) is 1.50. The molecule has 96 valence electrons. The van der Waals surface area contributed by atoms with E-state index in [0.717, 1.165) is 6.07 Å². The number of furan rings is 1. The van der Waals surface area contributed by atoms with Gasteiger partial charge in [0.1, 0.15) is 5.76 Å². The van der Waals surface area contributed by atoms with Crippen molar-refractivity contribution in [2.45, 2.75) is 19.6 Å². The molecule has 0 N–H and O–H groups in total. The highest BCUT2D eigenvalue weighted by atomic mass is 19.4. The molecule has 2 aromatic heterocycles. The van der Waals surface area contributed by atoms with E-state index < -0.39 is 11.9 Å². The molecule has 4 nitrogen and oxygen atoms in total. The van der Waals surface area contributed by atoms with Gasteiger partial charge in [-0.15, -0.1) is 0 Å². The molecule has 0 aromatic carbocycles. The highest BCUT2D eigenvalue weighted by molar-refractivity contribution is 5.70. The summed E-state index contributed by atoms with van der Waals surface area (Å²) in [4.78, 5) is 10.4. The van der Waals surface area contributed by atoms with E-state index in [0.29, 0.717) is 17.7 Å². The molecule has 0 atom stereocenters. The molecule has 7 heteroatoms. The Morgan fingerprint density at radius 1 is 1.44 bits per heavy atom. The predicted octanol–water partition coefficient (Wildman–Crippen LogP) is 2.66. The van der Waals surface area contributed by atoms with Gasteiger partial charge in [0.25, 0.3) is 0 Å². The third-order valence-electron chi connectivity index (χ3n) is 2.38. The number of carbonyl (C=O) groups excluding carboxylic acids is 1. The van der Waals surface area contributed by atoms with E-state index in [1.807, 2.05) is 0 Å². The van der Waals surface area contributed by atoms with Gasteiger partial charge in [0.2, 0.25) is 0 Å². The van der Waals surface area contributed by atoms with Gasteiger partial charge in [0.15, 0.2) is 17.7 Å². The van der Waals surface area contributed by atoms with Crippen molar-refractivity contribution in [1.82, 2.24) is 9.78 Å². The van der Waals surface area contributed by atoms with Gasteiger partial charge >= 0.3 is 6.18 Å². The maximum absolute atomic E-state index is 12.4. The Balaban J connectivity index is 2.24. The Morgan fingerprint density at radius 3 is 2.67 bits per heavy atom. The Kier molecular flexibility index (Phi) is 2.98. The first kappa shape index (κ1) is 12.4. The zero-order valence-electron chi connectivity index (χ0n) is 9.36. The lowest BCUT2D eigenvalue weighted by molar-refractivity contribution is -0.141. The van der Waals surface area contributed by atoms with Gasteiger partial charge < -0.3 is 4.42 Å². The number of alkyl halides is 3. The molecule has 0 spiro atoms. The zero-order valence-corrected chi connectivity index (χ0v) is 9.36. The molecule has 2 rings (SSSR count). The van der Waals surface area contributed by atoms with E-state index >= 15 is 0 Å². The van der Waals surface area contributed by atoms with Gasteiger partial charge in [-0.3, -0.25) is 9.48 Å². The number of nitrogens with zero attached hydrogens (tertiary/aromatic N) is 2. The first-order valence-electron chi connectivity index (χ1n) is 5.05. The van der Waals surface area contributed by atoms with Crippen LogP contribution in [0.4, 0.5) is 13.2 Å². The second-order valence-corrected chi connectivity index (χ2v) is 3.75. The van der Waals surface area contributed by atoms with E-state index in [-0.39, 0.29) is 12.3 Å². The summed E-state index contributed by atoms with van der Waals surface area (Å²) in [7, 11) is 0. The fourth-order valence-corrected chi connectivity index (χ4v) is 1.50. The first-order valence-corrected chi connectivity index (χ1v) is 5.05. The van der Waals surface area contributed by atoms with Gasteiger partial charge in [0, 0.05) is 5.69 Å². The molecule has 0 amide bonds. The van der Waals surface area contributed by atoms with Crippen LogP contribution in [0.2, 0.25) is 0 Å². The summed E-state index contributed by atoms with van der Waals surface area (Å²) in [5.74, 6) is 0.503. The van der Waals surface area contributed by atoms with Gasteiger partial charge in [0.05, 0.1) is 6.54 Å². The fraction of sp³-hybridized carbons (Fsp3) is 0.273. The zero-order chi connectivity index (χ0) is 13.3. The van der Waals surface area contributed by atoms with Crippen molar-refractivity contribution in [2.24, 2.45) is 0 Å². The lowest BCUT2D eigenvalue weighted by Gasteiger charge is -2.02. The normalized spacial score (nSPS) is 11.8. The summed E-state index contributed by atoms with van der Waals surface area (Å²) in [6.07, 6.45) is -3.94. The number of hydrogen-bond acceptors (Lipinski definition) is 3. The predicted molar refractivity (Wildman–Crippen MR) is 55.2 cm³/mol. The van der Waals surface area contributed by atoms with E-state index in [2.05, 4.69) is 5.10 Å². The van der Waals surface area contributed by atoms with Gasteiger partial charge in [-0.1, -0.05) is 0 Å². The maximum atomic E-state index is 12.4. The number of aromatic nitrogens is 2. The van der Waals surface area contributed by atoms with Crippen LogP contribution in [0, 0.1) is 6.92 Å². The molecular formula is C11H9F3N2O2. The molecule has 0 aliphatic carbocycles. The monoisotopic (exact) mass is 258 g/mol. The minimum absolute atomic E-state index is 0.0513. The number of aldehydes is 1. The Bertz CT molecular complexity index is 569. The third-order valence-corrected chi connectivity index (χ3v) is 2.38. The molecule has 2 aromatic rings. The van der Waals surface area contributed by atoms with Crippen LogP contribution < -0.4 is 0 Å². The number of halogens is 3. The summed E-state index contributed by atoms with van der Waals surface area (Å²) in [5.41, 5.74) is -0.575. The highest BCUT2D eigenvalue weighted by Crippen LogP contribution is 2.28. The van der Waals surface area contributed by atoms with E-state index in [1.54, 1.807) is 0 Å². The summed E-state index contributed by atoms with van der Waals surface area (Å²) < 4.78 is 43.6. The van der Waals surface area contributed by atoms with Crippen molar-refractivity contribution in [3.05, 3.63) is 41.1 Å². The van der Waals surface area contributed by atoms with Crippen LogP contribution >= 0.6 is 0 Å². The molecule has 0 saturated heterocycles. The average molecular weight is 258 g/mol. The summed E-state index contributed by atoms with van der Waals surface area (Å²) in [6, 6.07) is 3.94. The third kappa shape index (κ3) is 2.44. The minimum Gasteiger partial charge on any atom is -0.456 e. The molecular weight excluding hydrogens is 249 g/mol. The van der Waals surface area contributed by atoms with Crippen LogP contribution in [0.25, 0.3) is 0 Å². The van der Waals surface area contributed by atoms with Gasteiger partial charge in [-0.25, -0.2) is 0 Å². The van der Waals surface area contributed by atoms with Gasteiger partial charge in [-0.2, -0.15) is 18.3 Å². The average Bonchev–Trinajstić information content (AvgIpc) is 2.86. The lowest BCUT2D eigenvalue weighted by Crippen LogP contribution is -2.08. The van der Waals surface area contributed by atoms with E-state index in [4.69, 9.17) is 4.42 Å². The van der Waals surface area contributed by atoms with Crippen LogP contribution in [0.3, 0.4) is 0 Å². The molecule has 2 heterocycles. The van der Waals surface area contributed by atoms with Crippen molar-refractivity contribution in [1.29, 1.82) is 0 Å². The van der Waals surface area contributed by atoms with Gasteiger partial charge in [-0.05, 0) is 25.1 Å². The van der Waals surface area contributed by atoms with Crippen LogP contribution in [-0.4, -0.2) is 16.1 Å². The smallest absolute Gasteiger partial charge is 0.435 e. The topological polar surface area (TPSA) is 48.0 Å². The Hall–Kier alpha value is -2.05. The van der Waals surface area contributed by atoms with Crippen molar-refractivity contribution in [3.63, 3.8) is 0 Å². The van der Waals surface area contributed by atoms with Crippen molar-refractivity contribution in [2.75, 3.05) is 0 Å². The van der Waals surface area contributed by atoms with Crippen LogP contribution in [0.15, 0.2) is 22.6 Å². The van der Waals surface area contributed by atoms with Crippen LogP contribution in [-0.2, 0) is 12.7 Å². The molecule has 0 unspecified atom stereocenters. The number of rotatable bonds is 3. The SMILES string of the molecule is Cc1cc(C(F)(F)F)nn1Cc1ccc(C=O)o1. The largest absolute Gasteiger partial charge is 0.456 e. The minimum atomic E-state index is -4.47. The summed E-state index contributed by atoms with van der Waals surface area (Å²) in [6.45, 7) is 1.57. The Labute approximate surface area is 100 Å². The van der Waals surface area contributed by atoms with Crippen LogP contribution in [0.1, 0.15) is 27.7 Å². The van der Waals surface area contributed by atoms with E-state index in [1.165, 1.54) is 23.7 Å². The standard InChI is InChI=1S/C11H9F3N2O2/c1-7-4-10(11(12,13)14)15-16(7)5-8-2-3-9(6-17)18-8/h2-4,6H,5H2,1H3. The number of aryl methyl sites for hydroxylation is 1. The second kappa shape index (κ2) is 4.32. The highest BCUT2D eigenvalue weighted by Gasteiger charge is 2.34. The molecule has 0 aliphatic rings. The first-order chi connectivity index (χ1) is 8.40. The molecule has 0 fully saturated rings. The quantitative estimate of drug-likeness (QED) is 0.795. The molecule has 0 radical (unpaired) electrons. The molecule has 0 bridgehead atoms. The van der Waals surface area contributed by atoms with Crippen molar-refractivity contribution >= 4 is 6.29 Å². The number of hydrogen-bond donors (Lipinski definition) is 0. The van der Waals surface area contributed by atoms with Crippen molar-refractivity contribution < 1.29 is 22.4 Å². The second-order valence-electron chi connectivity index (χ2n) is 3.75. The summed E-state index contributed by atoms with van der Waals surface area (Å²) in [5, 5.41) is 3.45. The molecule has 18 heavy (non-hydrogen) atoms. The van der Waals surface area contributed by atoms with Crippen molar-refractivity contribution in [3.8, 4) is 0 Å². The maximum Gasteiger partial charge on any atom is 0.435 e. The number of carbonyl (C=O) groups is 1. The van der Waals surface area contributed by atoms with Crippen LogP contribution in [0.5, 0.6) is 0 Å². The lowest BCUT2D eigenvalue weighted by atomic mass is 10.3. The molecule has 0 aliphatic heterocycles.